The van der Waals surface area contributed by atoms with Gasteiger partial charge in [0.25, 0.3) is 0 Å². The number of aromatic carboxylic acids is 1. The SMILES string of the molecule is O=C(Cc1ccccc1)Nc1ncccc1C(=O)O. The number of nitrogens with one attached hydrogen (secondary N) is 1. The number of carbonyl (C=O) groups is 2. The number of carboxylic acids is 1. The predicted molar refractivity (Wildman–Crippen MR) is 70.0 cm³/mol. The van der Waals surface area contributed by atoms with E-state index in [0.717, 1.165) is 5.56 Å². The number of rotatable bonds is 4. The highest BCUT2D eigenvalue weighted by Crippen LogP contribution is 2.11. The van der Waals surface area contributed by atoms with E-state index in [1.165, 1.54) is 18.3 Å². The van der Waals surface area contributed by atoms with Crippen LogP contribution in [0.4, 0.5) is 5.82 Å². The van der Waals surface area contributed by atoms with Crippen LogP contribution in [-0.4, -0.2) is 22.0 Å². The van der Waals surface area contributed by atoms with Crippen molar-refractivity contribution in [2.75, 3.05) is 5.32 Å². The molecule has 2 rings (SSSR count). The molecule has 0 radical (unpaired) electrons. The molecule has 1 heterocycles. The summed E-state index contributed by atoms with van der Waals surface area (Å²) in [5.74, 6) is -1.36. The van der Waals surface area contributed by atoms with Gasteiger partial charge in [-0.1, -0.05) is 30.3 Å². The topological polar surface area (TPSA) is 79.3 Å². The molecule has 0 atom stereocenters. The van der Waals surface area contributed by atoms with Crippen molar-refractivity contribution in [3.05, 3.63) is 59.8 Å². The molecule has 0 aliphatic heterocycles. The summed E-state index contributed by atoms with van der Waals surface area (Å²) in [5.41, 5.74) is 0.830. The first-order chi connectivity index (χ1) is 9.16. The van der Waals surface area contributed by atoms with E-state index in [1.807, 2.05) is 30.3 Å². The number of carbonyl (C=O) groups excluding carboxylic acids is 1. The largest absolute Gasteiger partial charge is 0.478 e. The predicted octanol–water partition coefficient (Wildman–Crippen LogP) is 1.96. The highest BCUT2D eigenvalue weighted by molar-refractivity contribution is 5.99. The fourth-order valence-electron chi connectivity index (χ4n) is 1.64. The number of anilines is 1. The maximum absolute atomic E-state index is 11.8. The van der Waals surface area contributed by atoms with E-state index >= 15 is 0 Å². The maximum atomic E-state index is 11.8. The van der Waals surface area contributed by atoms with Gasteiger partial charge < -0.3 is 10.4 Å². The van der Waals surface area contributed by atoms with Crippen LogP contribution in [0.15, 0.2) is 48.7 Å². The van der Waals surface area contributed by atoms with Crippen LogP contribution in [-0.2, 0) is 11.2 Å². The van der Waals surface area contributed by atoms with Crippen molar-refractivity contribution < 1.29 is 14.7 Å². The Morgan fingerprint density at radius 2 is 1.84 bits per heavy atom. The van der Waals surface area contributed by atoms with Crippen LogP contribution in [0.25, 0.3) is 0 Å². The standard InChI is InChI=1S/C14H12N2O3/c17-12(9-10-5-2-1-3-6-10)16-13-11(14(18)19)7-4-8-15-13/h1-8H,9H2,(H,18,19)(H,15,16,17). The molecule has 0 aliphatic carbocycles. The Balaban J connectivity index is 2.09. The summed E-state index contributed by atoms with van der Waals surface area (Å²) in [6.07, 6.45) is 1.61. The van der Waals surface area contributed by atoms with Crippen LogP contribution in [0.1, 0.15) is 15.9 Å². The third-order valence-corrected chi connectivity index (χ3v) is 2.50. The van der Waals surface area contributed by atoms with Gasteiger partial charge in [-0.2, -0.15) is 0 Å². The Bertz CT molecular complexity index is 597. The van der Waals surface area contributed by atoms with Gasteiger partial charge >= 0.3 is 5.97 Å². The van der Waals surface area contributed by atoms with Crippen LogP contribution in [0.2, 0.25) is 0 Å². The van der Waals surface area contributed by atoms with E-state index in [1.54, 1.807) is 0 Å². The van der Waals surface area contributed by atoms with Crippen molar-refractivity contribution >= 4 is 17.7 Å². The Morgan fingerprint density at radius 1 is 1.11 bits per heavy atom. The van der Waals surface area contributed by atoms with Crippen LogP contribution in [0.3, 0.4) is 0 Å². The number of pyridine rings is 1. The number of hydrogen-bond acceptors (Lipinski definition) is 3. The van der Waals surface area contributed by atoms with Gasteiger partial charge in [-0.05, 0) is 17.7 Å². The average Bonchev–Trinajstić information content (AvgIpc) is 2.40. The summed E-state index contributed by atoms with van der Waals surface area (Å²) in [6.45, 7) is 0. The lowest BCUT2D eigenvalue weighted by Gasteiger charge is -2.07. The smallest absolute Gasteiger partial charge is 0.339 e. The van der Waals surface area contributed by atoms with Crippen LogP contribution >= 0.6 is 0 Å². The van der Waals surface area contributed by atoms with Crippen molar-refractivity contribution in [2.45, 2.75) is 6.42 Å². The summed E-state index contributed by atoms with van der Waals surface area (Å²) >= 11 is 0. The second kappa shape index (κ2) is 5.77. The van der Waals surface area contributed by atoms with Crippen molar-refractivity contribution in [1.82, 2.24) is 4.98 Å². The zero-order valence-electron chi connectivity index (χ0n) is 10.0. The average molecular weight is 256 g/mol. The van der Waals surface area contributed by atoms with Crippen LogP contribution in [0, 0.1) is 0 Å². The highest BCUT2D eigenvalue weighted by atomic mass is 16.4. The lowest BCUT2D eigenvalue weighted by molar-refractivity contribution is -0.115. The third kappa shape index (κ3) is 3.38. The molecule has 1 aromatic carbocycles. The monoisotopic (exact) mass is 256 g/mol. The Hall–Kier alpha value is -2.69. The second-order valence-electron chi connectivity index (χ2n) is 3.92. The minimum atomic E-state index is -1.12. The normalized spacial score (nSPS) is 9.89. The molecule has 2 aromatic rings. The number of benzene rings is 1. The minimum absolute atomic E-state index is 0.0242. The number of aromatic nitrogens is 1. The number of amides is 1. The molecule has 1 amide bonds. The maximum Gasteiger partial charge on any atom is 0.339 e. The molecule has 0 fully saturated rings. The zero-order chi connectivity index (χ0) is 13.7. The molecule has 19 heavy (non-hydrogen) atoms. The lowest BCUT2D eigenvalue weighted by atomic mass is 10.1. The van der Waals surface area contributed by atoms with Gasteiger partial charge in [0, 0.05) is 6.20 Å². The molecule has 2 N–H and O–H groups in total. The second-order valence-corrected chi connectivity index (χ2v) is 3.92. The molecular formula is C14H12N2O3. The van der Waals surface area contributed by atoms with E-state index in [4.69, 9.17) is 5.11 Å². The van der Waals surface area contributed by atoms with E-state index in [2.05, 4.69) is 10.3 Å². The van der Waals surface area contributed by atoms with Gasteiger partial charge in [0.2, 0.25) is 5.91 Å². The Morgan fingerprint density at radius 3 is 2.53 bits per heavy atom. The molecule has 5 heteroatoms. The van der Waals surface area contributed by atoms with Crippen molar-refractivity contribution in [2.24, 2.45) is 0 Å². The third-order valence-electron chi connectivity index (χ3n) is 2.50. The number of hydrogen-bond donors (Lipinski definition) is 2. The minimum Gasteiger partial charge on any atom is -0.478 e. The Labute approximate surface area is 109 Å². The van der Waals surface area contributed by atoms with E-state index in [-0.39, 0.29) is 23.7 Å². The van der Waals surface area contributed by atoms with Gasteiger partial charge in [-0.25, -0.2) is 9.78 Å². The molecule has 0 unspecified atom stereocenters. The van der Waals surface area contributed by atoms with Crippen molar-refractivity contribution in [3.8, 4) is 0 Å². The molecule has 0 bridgehead atoms. The number of nitrogens with zero attached hydrogens (tertiary/aromatic N) is 1. The van der Waals surface area contributed by atoms with E-state index in [9.17, 15) is 9.59 Å². The first-order valence-corrected chi connectivity index (χ1v) is 5.69. The van der Waals surface area contributed by atoms with Gasteiger partial charge in [0.05, 0.1) is 6.42 Å². The summed E-state index contributed by atoms with van der Waals surface area (Å²) in [6, 6.07) is 12.1. The van der Waals surface area contributed by atoms with Gasteiger partial charge in [-0.3, -0.25) is 4.79 Å². The van der Waals surface area contributed by atoms with Gasteiger partial charge in [-0.15, -0.1) is 0 Å². The summed E-state index contributed by atoms with van der Waals surface area (Å²) in [5, 5.41) is 11.5. The molecule has 96 valence electrons. The van der Waals surface area contributed by atoms with E-state index < -0.39 is 5.97 Å². The first-order valence-electron chi connectivity index (χ1n) is 5.69. The summed E-state index contributed by atoms with van der Waals surface area (Å²) in [7, 11) is 0. The molecule has 0 spiro atoms. The summed E-state index contributed by atoms with van der Waals surface area (Å²) < 4.78 is 0. The van der Waals surface area contributed by atoms with Crippen LogP contribution in [0.5, 0.6) is 0 Å². The molecule has 5 nitrogen and oxygen atoms in total. The highest BCUT2D eigenvalue weighted by Gasteiger charge is 2.13. The van der Waals surface area contributed by atoms with Crippen LogP contribution < -0.4 is 5.32 Å². The van der Waals surface area contributed by atoms with E-state index in [0.29, 0.717) is 0 Å². The van der Waals surface area contributed by atoms with Gasteiger partial charge in [0.1, 0.15) is 11.4 Å². The van der Waals surface area contributed by atoms with Gasteiger partial charge in [0.15, 0.2) is 0 Å². The zero-order valence-corrected chi connectivity index (χ0v) is 10.0. The number of carboxylic acid groups (broad SMARTS) is 1. The first kappa shape index (κ1) is 12.8. The molecular weight excluding hydrogens is 244 g/mol. The quantitative estimate of drug-likeness (QED) is 0.876. The van der Waals surface area contributed by atoms with Crippen molar-refractivity contribution in [3.63, 3.8) is 0 Å². The fraction of sp³-hybridized carbons (Fsp3) is 0.0714. The lowest BCUT2D eigenvalue weighted by Crippen LogP contribution is -2.17. The molecule has 1 aromatic heterocycles. The fourth-order valence-corrected chi connectivity index (χ4v) is 1.64. The molecule has 0 aliphatic rings. The van der Waals surface area contributed by atoms with Crippen molar-refractivity contribution in [1.29, 1.82) is 0 Å². The molecule has 0 saturated carbocycles. The Kier molecular flexibility index (Phi) is 3.87. The molecule has 0 saturated heterocycles. The summed E-state index contributed by atoms with van der Waals surface area (Å²) in [4.78, 5) is 26.7.